The Hall–Kier alpha value is -1.20. The van der Waals surface area contributed by atoms with E-state index in [1.807, 2.05) is 6.92 Å². The molecule has 1 fully saturated rings. The van der Waals surface area contributed by atoms with E-state index in [0.29, 0.717) is 12.4 Å². The monoisotopic (exact) mass is 249 g/mol. The summed E-state index contributed by atoms with van der Waals surface area (Å²) in [5.41, 5.74) is 7.97. The molecule has 0 atom stereocenters. The highest BCUT2D eigenvalue weighted by Gasteiger charge is 2.39. The molecule has 2 heterocycles. The van der Waals surface area contributed by atoms with Gasteiger partial charge in [0, 0.05) is 24.3 Å². The van der Waals surface area contributed by atoms with Crippen molar-refractivity contribution in [2.24, 2.45) is 5.73 Å². The van der Waals surface area contributed by atoms with Crippen LogP contribution >= 0.6 is 11.3 Å². The van der Waals surface area contributed by atoms with Crippen LogP contribution in [0.15, 0.2) is 16.1 Å². The van der Waals surface area contributed by atoms with Gasteiger partial charge in [0.2, 0.25) is 0 Å². The lowest BCUT2D eigenvalue weighted by Gasteiger charge is -2.39. The van der Waals surface area contributed by atoms with E-state index < -0.39 is 0 Å². The lowest BCUT2D eigenvalue weighted by atomic mass is 9.67. The molecule has 3 rings (SSSR count). The average molecular weight is 249 g/mol. The standard InChI is InChI=1S/C12H15N3OS/c1-8-14-9(5-16-8)11-15-10(6-17-11)12(7-13)3-2-4-12/h5-6H,2-4,7,13H2,1H3. The number of nitrogens with two attached hydrogens (primary N) is 1. The topological polar surface area (TPSA) is 64.9 Å². The highest BCUT2D eigenvalue weighted by atomic mass is 32.1. The molecule has 0 saturated heterocycles. The van der Waals surface area contributed by atoms with Crippen LogP contribution in [0.1, 0.15) is 30.8 Å². The van der Waals surface area contributed by atoms with Gasteiger partial charge in [0.1, 0.15) is 17.0 Å². The van der Waals surface area contributed by atoms with Crippen molar-refractivity contribution in [3.8, 4) is 10.7 Å². The van der Waals surface area contributed by atoms with E-state index in [2.05, 4.69) is 15.3 Å². The normalized spacial score (nSPS) is 18.0. The molecule has 0 unspecified atom stereocenters. The fraction of sp³-hybridized carbons (Fsp3) is 0.500. The zero-order valence-corrected chi connectivity index (χ0v) is 10.6. The first kappa shape index (κ1) is 10.9. The van der Waals surface area contributed by atoms with Crippen molar-refractivity contribution < 1.29 is 4.42 Å². The summed E-state index contributed by atoms with van der Waals surface area (Å²) in [5.74, 6) is 0.675. The maximum absolute atomic E-state index is 5.88. The Morgan fingerprint density at radius 3 is 2.82 bits per heavy atom. The minimum absolute atomic E-state index is 0.132. The summed E-state index contributed by atoms with van der Waals surface area (Å²) in [5, 5.41) is 3.04. The van der Waals surface area contributed by atoms with Gasteiger partial charge in [-0.2, -0.15) is 0 Å². The van der Waals surface area contributed by atoms with Gasteiger partial charge in [-0.15, -0.1) is 11.3 Å². The van der Waals surface area contributed by atoms with Crippen molar-refractivity contribution in [2.75, 3.05) is 6.54 Å². The van der Waals surface area contributed by atoms with Crippen LogP contribution in [0.2, 0.25) is 0 Å². The first-order chi connectivity index (χ1) is 8.23. The molecule has 1 saturated carbocycles. The van der Waals surface area contributed by atoms with Crippen molar-refractivity contribution in [3.63, 3.8) is 0 Å². The third-order valence-corrected chi connectivity index (χ3v) is 4.45. The Balaban J connectivity index is 1.92. The molecule has 4 nitrogen and oxygen atoms in total. The Morgan fingerprint density at radius 2 is 2.29 bits per heavy atom. The zero-order chi connectivity index (χ0) is 11.9. The van der Waals surface area contributed by atoms with Gasteiger partial charge in [-0.05, 0) is 12.8 Å². The predicted octanol–water partition coefficient (Wildman–Crippen LogP) is 2.49. The Kier molecular flexibility index (Phi) is 2.52. The highest BCUT2D eigenvalue weighted by molar-refractivity contribution is 7.13. The number of hydrogen-bond acceptors (Lipinski definition) is 5. The third kappa shape index (κ3) is 1.70. The van der Waals surface area contributed by atoms with E-state index in [1.54, 1.807) is 17.6 Å². The van der Waals surface area contributed by atoms with Gasteiger partial charge >= 0.3 is 0 Å². The van der Waals surface area contributed by atoms with E-state index in [1.165, 1.54) is 6.42 Å². The Labute approximate surface area is 104 Å². The zero-order valence-electron chi connectivity index (χ0n) is 9.77. The number of aryl methyl sites for hydroxylation is 1. The van der Waals surface area contributed by atoms with E-state index in [4.69, 9.17) is 10.2 Å². The fourth-order valence-corrected chi connectivity index (χ4v) is 3.16. The van der Waals surface area contributed by atoms with Crippen LogP contribution in [0.5, 0.6) is 0 Å². The lowest BCUT2D eigenvalue weighted by Crippen LogP contribution is -2.41. The summed E-state index contributed by atoms with van der Waals surface area (Å²) in [7, 11) is 0. The Morgan fingerprint density at radius 1 is 1.47 bits per heavy atom. The minimum atomic E-state index is 0.132. The molecule has 0 amide bonds. The number of nitrogens with zero attached hydrogens (tertiary/aromatic N) is 2. The van der Waals surface area contributed by atoms with Crippen LogP contribution in [0, 0.1) is 6.92 Å². The molecule has 2 N–H and O–H groups in total. The maximum atomic E-state index is 5.88. The van der Waals surface area contributed by atoms with E-state index in [-0.39, 0.29) is 5.41 Å². The van der Waals surface area contributed by atoms with Gasteiger partial charge in [-0.1, -0.05) is 6.42 Å². The molecule has 5 heteroatoms. The Bertz CT molecular complexity index is 522. The molecule has 2 aromatic rings. The molecular weight excluding hydrogens is 234 g/mol. The summed E-state index contributed by atoms with van der Waals surface area (Å²) in [4.78, 5) is 8.97. The van der Waals surface area contributed by atoms with E-state index >= 15 is 0 Å². The molecule has 0 aliphatic heterocycles. The molecule has 0 bridgehead atoms. The number of thiazole rings is 1. The van der Waals surface area contributed by atoms with Crippen LogP contribution in [-0.4, -0.2) is 16.5 Å². The SMILES string of the molecule is Cc1nc(-c2nc(C3(CN)CCC3)cs2)co1. The molecule has 0 aromatic carbocycles. The van der Waals surface area contributed by atoms with Crippen molar-refractivity contribution in [3.05, 3.63) is 23.2 Å². The van der Waals surface area contributed by atoms with Gasteiger partial charge < -0.3 is 10.2 Å². The van der Waals surface area contributed by atoms with E-state index in [9.17, 15) is 0 Å². The van der Waals surface area contributed by atoms with Crippen molar-refractivity contribution in [1.29, 1.82) is 0 Å². The highest BCUT2D eigenvalue weighted by Crippen LogP contribution is 2.43. The second kappa shape index (κ2) is 3.92. The van der Waals surface area contributed by atoms with Gasteiger partial charge in [0.15, 0.2) is 5.89 Å². The molecule has 0 spiro atoms. The van der Waals surface area contributed by atoms with Crippen LogP contribution < -0.4 is 5.73 Å². The van der Waals surface area contributed by atoms with Crippen LogP contribution in [0.4, 0.5) is 0 Å². The molecule has 2 aromatic heterocycles. The summed E-state index contributed by atoms with van der Waals surface area (Å²) in [6, 6.07) is 0. The van der Waals surface area contributed by atoms with Crippen LogP contribution in [0.25, 0.3) is 10.7 Å². The van der Waals surface area contributed by atoms with Crippen LogP contribution in [0.3, 0.4) is 0 Å². The van der Waals surface area contributed by atoms with E-state index in [0.717, 1.165) is 29.2 Å². The first-order valence-electron chi connectivity index (χ1n) is 5.82. The lowest BCUT2D eigenvalue weighted by molar-refractivity contribution is 0.247. The average Bonchev–Trinajstić information content (AvgIpc) is 2.86. The number of oxazole rings is 1. The molecule has 1 aliphatic carbocycles. The van der Waals surface area contributed by atoms with Gasteiger partial charge in [-0.3, -0.25) is 0 Å². The van der Waals surface area contributed by atoms with Gasteiger partial charge in [0.25, 0.3) is 0 Å². The van der Waals surface area contributed by atoms with Gasteiger partial charge in [-0.25, -0.2) is 9.97 Å². The smallest absolute Gasteiger partial charge is 0.191 e. The van der Waals surface area contributed by atoms with Crippen molar-refractivity contribution in [1.82, 2.24) is 9.97 Å². The molecule has 1 aliphatic rings. The number of rotatable bonds is 3. The molecular formula is C12H15N3OS. The van der Waals surface area contributed by atoms with Gasteiger partial charge in [0.05, 0.1) is 5.69 Å². The van der Waals surface area contributed by atoms with Crippen LogP contribution in [-0.2, 0) is 5.41 Å². The fourth-order valence-electron chi connectivity index (χ4n) is 2.27. The third-order valence-electron chi connectivity index (χ3n) is 3.59. The minimum Gasteiger partial charge on any atom is -0.449 e. The molecule has 0 radical (unpaired) electrons. The predicted molar refractivity (Wildman–Crippen MR) is 66.9 cm³/mol. The largest absolute Gasteiger partial charge is 0.449 e. The first-order valence-corrected chi connectivity index (χ1v) is 6.70. The molecule has 90 valence electrons. The summed E-state index contributed by atoms with van der Waals surface area (Å²) in [6.07, 6.45) is 5.23. The molecule has 17 heavy (non-hydrogen) atoms. The maximum Gasteiger partial charge on any atom is 0.191 e. The second-order valence-electron chi connectivity index (χ2n) is 4.63. The van der Waals surface area contributed by atoms with Crippen molar-refractivity contribution >= 4 is 11.3 Å². The summed E-state index contributed by atoms with van der Waals surface area (Å²) in [6.45, 7) is 2.53. The number of aromatic nitrogens is 2. The quantitative estimate of drug-likeness (QED) is 0.907. The summed E-state index contributed by atoms with van der Waals surface area (Å²) >= 11 is 1.62. The summed E-state index contributed by atoms with van der Waals surface area (Å²) < 4.78 is 5.21. The second-order valence-corrected chi connectivity index (χ2v) is 5.49. The number of hydrogen-bond donors (Lipinski definition) is 1. The van der Waals surface area contributed by atoms with Crippen molar-refractivity contribution in [2.45, 2.75) is 31.6 Å².